The Morgan fingerprint density at radius 2 is 1.70 bits per heavy atom. The van der Waals surface area contributed by atoms with E-state index in [1.54, 1.807) is 6.20 Å². The molecule has 0 aliphatic rings. The van der Waals surface area contributed by atoms with Crippen molar-refractivity contribution < 1.29 is 20.5 Å². The molecule has 0 saturated carbocycles. The maximum atomic E-state index is 12.6. The Balaban J connectivity index is 0.00000324. The van der Waals surface area contributed by atoms with Crippen molar-refractivity contribution in [1.29, 1.82) is 0 Å². The van der Waals surface area contributed by atoms with Crippen LogP contribution >= 0.6 is 0 Å². The van der Waals surface area contributed by atoms with E-state index in [2.05, 4.69) is 27.5 Å². The number of methoxy groups -OCH3 is 2. The second kappa shape index (κ2) is 9.78. The predicted molar refractivity (Wildman–Crippen MR) is 124 cm³/mol. The van der Waals surface area contributed by atoms with Gasteiger partial charge in [0.05, 0.1) is 31.5 Å². The molecule has 2 aromatic carbocycles. The van der Waals surface area contributed by atoms with Gasteiger partial charge in [-0.15, -0.1) is 0 Å². The minimum absolute atomic E-state index is 0. The maximum Gasteiger partial charge on any atom is 0.339 e. The minimum Gasteiger partial charge on any atom is -0.493 e. The van der Waals surface area contributed by atoms with Crippen molar-refractivity contribution in [2.45, 2.75) is 6.54 Å². The molecule has 4 rings (SSSR count). The number of nitrogens with zero attached hydrogens (tertiary/aromatic N) is 3. The van der Waals surface area contributed by atoms with Gasteiger partial charge in [0.2, 0.25) is 0 Å². The van der Waals surface area contributed by atoms with Gasteiger partial charge in [-0.25, -0.2) is 14.5 Å². The van der Waals surface area contributed by atoms with E-state index in [0.717, 1.165) is 16.7 Å². The molecule has 8 nitrogen and oxygen atoms in total. The Kier molecular flexibility index (Phi) is 6.45. The average molecular weight is 444 g/mol. The predicted octanol–water partition coefficient (Wildman–Crippen LogP) is 3.91. The van der Waals surface area contributed by atoms with Crippen LogP contribution in [0.5, 0.6) is 5.75 Å². The molecule has 0 atom stereocenters. The zero-order valence-electron chi connectivity index (χ0n) is 18.2. The Labute approximate surface area is 192 Å². The Morgan fingerprint density at radius 3 is 2.39 bits per heavy atom. The zero-order valence-corrected chi connectivity index (χ0v) is 18.2. The number of benzene rings is 2. The van der Waals surface area contributed by atoms with Crippen LogP contribution in [0.4, 0.5) is 0 Å². The molecule has 0 fully saturated rings. The summed E-state index contributed by atoms with van der Waals surface area (Å²) in [5.74, 6) is -0.115. The first-order valence-corrected chi connectivity index (χ1v) is 10.2. The summed E-state index contributed by atoms with van der Waals surface area (Å²) in [4.78, 5) is 28.6. The van der Waals surface area contributed by atoms with Gasteiger partial charge in [-0.3, -0.25) is 4.79 Å². The van der Waals surface area contributed by atoms with Crippen LogP contribution in [0.15, 0.2) is 79.3 Å². The van der Waals surface area contributed by atoms with Crippen LogP contribution < -0.4 is 10.1 Å². The molecule has 2 aromatic heterocycles. The lowest BCUT2D eigenvalue weighted by Gasteiger charge is -2.08. The number of nitrogens with one attached hydrogen (secondary N) is 1. The smallest absolute Gasteiger partial charge is 0.339 e. The van der Waals surface area contributed by atoms with Gasteiger partial charge in [0.25, 0.3) is 5.91 Å². The normalized spacial score (nSPS) is 10.5. The van der Waals surface area contributed by atoms with E-state index in [-0.39, 0.29) is 12.9 Å². The van der Waals surface area contributed by atoms with Crippen LogP contribution in [0, 0.1) is 0 Å². The molecular weight excluding hydrogens is 420 g/mol. The van der Waals surface area contributed by atoms with Crippen molar-refractivity contribution in [1.82, 2.24) is 20.1 Å². The van der Waals surface area contributed by atoms with Gasteiger partial charge in [-0.2, -0.15) is 5.10 Å². The maximum absolute atomic E-state index is 12.6. The summed E-state index contributed by atoms with van der Waals surface area (Å²) in [7, 11) is 2.75. The monoisotopic (exact) mass is 444 g/mol. The second-order valence-electron chi connectivity index (χ2n) is 7.16. The number of aromatic nitrogens is 3. The molecule has 0 bridgehead atoms. The van der Waals surface area contributed by atoms with Gasteiger partial charge in [0, 0.05) is 26.4 Å². The molecular formula is C25H24N4O4. The molecule has 168 valence electrons. The molecule has 0 aliphatic carbocycles. The number of rotatable bonds is 7. The van der Waals surface area contributed by atoms with Crippen LogP contribution in [0.2, 0.25) is 0 Å². The standard InChI is InChI=1S/C25H22N4O4.H2/c1-32-22-12-20(25(31)33-2)14-26-23(22)29-16-21(15-28-29)24(30)27-13-17-8-10-19(11-9-17)18-6-4-3-5-7-18;/h3-12,14-16H,13H2,1-2H3,(H,27,30);1H. The number of hydrogen-bond acceptors (Lipinski definition) is 6. The van der Waals surface area contributed by atoms with Gasteiger partial charge in [-0.1, -0.05) is 54.6 Å². The summed E-state index contributed by atoms with van der Waals surface area (Å²) in [6.45, 7) is 0.383. The SMILES string of the molecule is COC(=O)c1cnc(-n2cc(C(=O)NCc3ccc(-c4ccccc4)cc3)cn2)c(OC)c1.[HH]. The number of pyridine rings is 1. The fourth-order valence-electron chi connectivity index (χ4n) is 3.28. The summed E-state index contributed by atoms with van der Waals surface area (Å²) >= 11 is 0. The van der Waals surface area contributed by atoms with Gasteiger partial charge in [-0.05, 0) is 16.7 Å². The van der Waals surface area contributed by atoms with Crippen molar-refractivity contribution >= 4 is 11.9 Å². The fraction of sp³-hybridized carbons (Fsp3) is 0.120. The first-order chi connectivity index (χ1) is 16.1. The Bertz CT molecular complexity index is 1270. The molecule has 1 amide bonds. The minimum atomic E-state index is -0.523. The second-order valence-corrected chi connectivity index (χ2v) is 7.16. The molecule has 0 unspecified atom stereocenters. The van der Waals surface area contributed by atoms with Crippen LogP contribution in [0.25, 0.3) is 16.9 Å². The first kappa shape index (κ1) is 21.8. The molecule has 2 heterocycles. The number of hydrogen-bond donors (Lipinski definition) is 1. The largest absolute Gasteiger partial charge is 0.493 e. The Hall–Kier alpha value is -4.46. The summed E-state index contributed by atoms with van der Waals surface area (Å²) in [5, 5.41) is 7.10. The lowest BCUT2D eigenvalue weighted by Crippen LogP contribution is -2.22. The third kappa shape index (κ3) is 4.90. The van der Waals surface area contributed by atoms with Crippen molar-refractivity contribution in [2.75, 3.05) is 14.2 Å². The number of amides is 1. The van der Waals surface area contributed by atoms with E-state index < -0.39 is 5.97 Å². The topological polar surface area (TPSA) is 95.3 Å². The van der Waals surface area contributed by atoms with E-state index in [1.165, 1.54) is 37.4 Å². The third-order valence-corrected chi connectivity index (χ3v) is 5.05. The number of esters is 1. The number of carbonyl (C=O) groups is 2. The van der Waals surface area contributed by atoms with E-state index in [9.17, 15) is 9.59 Å². The molecule has 33 heavy (non-hydrogen) atoms. The van der Waals surface area contributed by atoms with Crippen molar-refractivity contribution in [3.05, 3.63) is 95.9 Å². The summed E-state index contributed by atoms with van der Waals surface area (Å²) in [6.07, 6.45) is 4.36. The van der Waals surface area contributed by atoms with Gasteiger partial charge < -0.3 is 14.8 Å². The van der Waals surface area contributed by atoms with E-state index >= 15 is 0 Å². The molecule has 0 aliphatic heterocycles. The van der Waals surface area contributed by atoms with E-state index in [1.807, 2.05) is 42.5 Å². The fourth-order valence-corrected chi connectivity index (χ4v) is 3.28. The number of carbonyl (C=O) groups excluding carboxylic acids is 2. The first-order valence-electron chi connectivity index (χ1n) is 10.2. The molecule has 1 N–H and O–H groups in total. The molecule has 0 radical (unpaired) electrons. The molecule has 4 aromatic rings. The van der Waals surface area contributed by atoms with Crippen molar-refractivity contribution in [3.8, 4) is 22.7 Å². The average Bonchev–Trinajstić information content (AvgIpc) is 3.37. The zero-order chi connectivity index (χ0) is 23.2. The van der Waals surface area contributed by atoms with Gasteiger partial charge >= 0.3 is 5.97 Å². The van der Waals surface area contributed by atoms with Crippen LogP contribution in [0.1, 0.15) is 27.7 Å². The molecule has 0 spiro atoms. The highest BCUT2D eigenvalue weighted by atomic mass is 16.5. The Morgan fingerprint density at radius 1 is 0.970 bits per heavy atom. The lowest BCUT2D eigenvalue weighted by atomic mass is 10.0. The highest BCUT2D eigenvalue weighted by Gasteiger charge is 2.16. The lowest BCUT2D eigenvalue weighted by molar-refractivity contribution is 0.0599. The van der Waals surface area contributed by atoms with Gasteiger partial charge in [0.1, 0.15) is 0 Å². The third-order valence-electron chi connectivity index (χ3n) is 5.05. The van der Waals surface area contributed by atoms with Crippen LogP contribution in [-0.4, -0.2) is 40.9 Å². The number of ether oxygens (including phenoxy) is 2. The highest BCUT2D eigenvalue weighted by molar-refractivity contribution is 5.93. The van der Waals surface area contributed by atoms with Gasteiger partial charge in [0.15, 0.2) is 11.6 Å². The van der Waals surface area contributed by atoms with Crippen molar-refractivity contribution in [2.24, 2.45) is 0 Å². The van der Waals surface area contributed by atoms with E-state index in [0.29, 0.717) is 23.7 Å². The summed E-state index contributed by atoms with van der Waals surface area (Å²) in [6, 6.07) is 19.7. The van der Waals surface area contributed by atoms with E-state index in [4.69, 9.17) is 9.47 Å². The van der Waals surface area contributed by atoms with Crippen molar-refractivity contribution in [3.63, 3.8) is 0 Å². The molecule has 8 heteroatoms. The van der Waals surface area contributed by atoms with Crippen LogP contribution in [-0.2, 0) is 11.3 Å². The highest BCUT2D eigenvalue weighted by Crippen LogP contribution is 2.22. The summed E-state index contributed by atoms with van der Waals surface area (Å²) in [5.41, 5.74) is 3.87. The van der Waals surface area contributed by atoms with Crippen LogP contribution in [0.3, 0.4) is 0 Å². The summed E-state index contributed by atoms with van der Waals surface area (Å²) < 4.78 is 11.4. The molecule has 0 saturated heterocycles. The quantitative estimate of drug-likeness (QED) is 0.434.